The van der Waals surface area contributed by atoms with Crippen molar-refractivity contribution in [3.63, 3.8) is 0 Å². The van der Waals surface area contributed by atoms with Crippen LogP contribution in [0.2, 0.25) is 0 Å². The lowest BCUT2D eigenvalue weighted by Crippen LogP contribution is -2.31. The van der Waals surface area contributed by atoms with Crippen LogP contribution in [0, 0.1) is 0 Å². The predicted octanol–water partition coefficient (Wildman–Crippen LogP) is 3.02. The number of nitrogens with one attached hydrogen (secondary N) is 2. The number of benzene rings is 2. The zero-order valence-electron chi connectivity index (χ0n) is 15.1. The summed E-state index contributed by atoms with van der Waals surface area (Å²) in [5.41, 5.74) is 3.62. The number of hydrogen-bond acceptors (Lipinski definition) is 6. The number of hydrogen-bond donors (Lipinski definition) is 2. The SMILES string of the molecule is CN[S+]([O-])c1ccc(Nc2nccc(N3CCc4ccccc4C3)n2)cc1. The predicted molar refractivity (Wildman–Crippen MR) is 108 cm³/mol. The van der Waals surface area contributed by atoms with Crippen LogP contribution in [0.3, 0.4) is 0 Å². The summed E-state index contributed by atoms with van der Waals surface area (Å²) < 4.78 is 14.5. The molecule has 0 amide bonds. The molecular weight excluding hydrogens is 358 g/mol. The van der Waals surface area contributed by atoms with Crippen LogP contribution in [-0.2, 0) is 24.3 Å². The van der Waals surface area contributed by atoms with Gasteiger partial charge in [-0.15, -0.1) is 4.72 Å². The van der Waals surface area contributed by atoms with Crippen LogP contribution in [0.1, 0.15) is 11.1 Å². The van der Waals surface area contributed by atoms with Crippen LogP contribution >= 0.6 is 0 Å². The van der Waals surface area contributed by atoms with Crippen LogP contribution in [0.4, 0.5) is 17.5 Å². The van der Waals surface area contributed by atoms with E-state index in [-0.39, 0.29) is 0 Å². The Bertz CT molecular complexity index is 918. The van der Waals surface area contributed by atoms with E-state index in [1.807, 2.05) is 30.3 Å². The second-order valence-electron chi connectivity index (χ2n) is 6.30. The summed E-state index contributed by atoms with van der Waals surface area (Å²) in [6.07, 6.45) is 2.79. The zero-order chi connectivity index (χ0) is 18.6. The molecule has 0 aliphatic carbocycles. The summed E-state index contributed by atoms with van der Waals surface area (Å²) in [6, 6.07) is 17.9. The molecule has 0 bridgehead atoms. The van der Waals surface area contributed by atoms with Crippen molar-refractivity contribution in [1.29, 1.82) is 0 Å². The molecule has 27 heavy (non-hydrogen) atoms. The topological polar surface area (TPSA) is 76.1 Å². The van der Waals surface area contributed by atoms with Crippen LogP contribution in [-0.4, -0.2) is 28.1 Å². The van der Waals surface area contributed by atoms with E-state index < -0.39 is 11.4 Å². The van der Waals surface area contributed by atoms with Gasteiger partial charge in [0.25, 0.3) is 0 Å². The number of fused-ring (bicyclic) bond motifs is 1. The molecule has 1 unspecified atom stereocenters. The lowest BCUT2D eigenvalue weighted by molar-refractivity contribution is 0.587. The van der Waals surface area contributed by atoms with Crippen molar-refractivity contribution in [2.75, 3.05) is 23.8 Å². The van der Waals surface area contributed by atoms with Crippen molar-refractivity contribution in [2.24, 2.45) is 0 Å². The second-order valence-corrected chi connectivity index (χ2v) is 7.72. The van der Waals surface area contributed by atoms with Gasteiger partial charge in [0.1, 0.15) is 5.82 Å². The first kappa shape index (κ1) is 17.8. The molecule has 1 aromatic heterocycles. The van der Waals surface area contributed by atoms with Gasteiger partial charge >= 0.3 is 0 Å². The Morgan fingerprint density at radius 1 is 1.04 bits per heavy atom. The molecule has 7 heteroatoms. The average molecular weight is 379 g/mol. The molecule has 6 nitrogen and oxygen atoms in total. The van der Waals surface area contributed by atoms with Gasteiger partial charge in [-0.3, -0.25) is 0 Å². The first-order chi connectivity index (χ1) is 13.2. The maximum atomic E-state index is 11.7. The smallest absolute Gasteiger partial charge is 0.229 e. The molecule has 0 fully saturated rings. The van der Waals surface area contributed by atoms with Gasteiger partial charge in [-0.05, 0) is 47.9 Å². The molecule has 138 valence electrons. The van der Waals surface area contributed by atoms with E-state index >= 15 is 0 Å². The molecule has 4 rings (SSSR count). The first-order valence-corrected chi connectivity index (χ1v) is 9.99. The van der Waals surface area contributed by atoms with Gasteiger partial charge < -0.3 is 14.8 Å². The van der Waals surface area contributed by atoms with E-state index in [4.69, 9.17) is 0 Å². The zero-order valence-corrected chi connectivity index (χ0v) is 15.9. The molecular formula is C20H21N5OS. The molecule has 1 aliphatic heterocycles. The van der Waals surface area contributed by atoms with Crippen LogP contribution in [0.5, 0.6) is 0 Å². The summed E-state index contributed by atoms with van der Waals surface area (Å²) in [7, 11) is 1.67. The summed E-state index contributed by atoms with van der Waals surface area (Å²) >= 11 is -1.19. The van der Waals surface area contributed by atoms with Crippen LogP contribution in [0.15, 0.2) is 65.7 Å². The maximum Gasteiger partial charge on any atom is 0.229 e. The Kier molecular flexibility index (Phi) is 5.24. The minimum Gasteiger partial charge on any atom is -0.593 e. The van der Waals surface area contributed by atoms with E-state index in [2.05, 4.69) is 49.2 Å². The van der Waals surface area contributed by atoms with Crippen LogP contribution in [0.25, 0.3) is 0 Å². The largest absolute Gasteiger partial charge is 0.593 e. The van der Waals surface area contributed by atoms with Gasteiger partial charge in [0.05, 0.1) is 11.4 Å². The third-order valence-corrected chi connectivity index (χ3v) is 5.68. The number of aromatic nitrogens is 2. The molecule has 2 aromatic carbocycles. The third kappa shape index (κ3) is 4.05. The minimum absolute atomic E-state index is 0.550. The van der Waals surface area contributed by atoms with Crippen molar-refractivity contribution in [3.8, 4) is 0 Å². The first-order valence-electron chi connectivity index (χ1n) is 8.84. The fourth-order valence-corrected chi connectivity index (χ4v) is 3.80. The minimum atomic E-state index is -1.19. The van der Waals surface area contributed by atoms with Crippen molar-refractivity contribution < 1.29 is 4.55 Å². The van der Waals surface area contributed by atoms with Crippen molar-refractivity contribution in [2.45, 2.75) is 17.9 Å². The Morgan fingerprint density at radius 2 is 1.81 bits per heavy atom. The van der Waals surface area contributed by atoms with E-state index in [9.17, 15) is 4.55 Å². The Hall–Kier alpha value is -2.61. The highest BCUT2D eigenvalue weighted by molar-refractivity contribution is 7.89. The quantitative estimate of drug-likeness (QED) is 0.664. The van der Waals surface area contributed by atoms with Gasteiger partial charge in [0, 0.05) is 32.0 Å². The van der Waals surface area contributed by atoms with E-state index in [1.165, 1.54) is 11.1 Å². The average Bonchev–Trinajstić information content (AvgIpc) is 2.73. The van der Waals surface area contributed by atoms with Crippen molar-refractivity contribution in [3.05, 3.63) is 71.9 Å². The molecule has 2 N–H and O–H groups in total. The van der Waals surface area contributed by atoms with Gasteiger partial charge in [-0.2, -0.15) is 4.98 Å². The summed E-state index contributed by atoms with van der Waals surface area (Å²) in [5, 5.41) is 3.22. The number of rotatable bonds is 5. The molecule has 2 heterocycles. The molecule has 0 saturated heterocycles. The fourth-order valence-electron chi connectivity index (χ4n) is 3.19. The fraction of sp³-hybridized carbons (Fsp3) is 0.200. The molecule has 0 radical (unpaired) electrons. The molecule has 3 aromatic rings. The lowest BCUT2D eigenvalue weighted by atomic mass is 10.00. The van der Waals surface area contributed by atoms with Gasteiger partial charge in [0.15, 0.2) is 4.90 Å². The summed E-state index contributed by atoms with van der Waals surface area (Å²) in [4.78, 5) is 12.0. The van der Waals surface area contributed by atoms with Gasteiger partial charge in [-0.1, -0.05) is 24.3 Å². The summed E-state index contributed by atoms with van der Waals surface area (Å²) in [5.74, 6) is 1.46. The van der Waals surface area contributed by atoms with Gasteiger partial charge in [-0.25, -0.2) is 4.98 Å². The lowest BCUT2D eigenvalue weighted by Gasteiger charge is -2.29. The normalized spacial score (nSPS) is 14.5. The number of nitrogens with zero attached hydrogens (tertiary/aromatic N) is 3. The molecule has 0 saturated carbocycles. The monoisotopic (exact) mass is 379 g/mol. The van der Waals surface area contributed by atoms with Crippen molar-refractivity contribution >= 4 is 28.8 Å². The summed E-state index contributed by atoms with van der Waals surface area (Å²) in [6.45, 7) is 1.80. The van der Waals surface area contributed by atoms with E-state index in [0.717, 1.165) is 35.9 Å². The highest BCUT2D eigenvalue weighted by Crippen LogP contribution is 2.24. The highest BCUT2D eigenvalue weighted by Gasteiger charge is 2.17. The van der Waals surface area contributed by atoms with Crippen LogP contribution < -0.4 is 14.9 Å². The Morgan fingerprint density at radius 3 is 2.59 bits per heavy atom. The molecule has 1 atom stereocenters. The third-order valence-electron chi connectivity index (χ3n) is 4.61. The molecule has 1 aliphatic rings. The second kappa shape index (κ2) is 7.96. The standard InChI is InChI=1S/C20H21N5OS/c1-21-27(26)18-8-6-17(7-9-18)23-20-22-12-10-19(24-20)25-13-11-15-4-2-3-5-16(15)14-25/h2-10,12,21H,11,13-14H2,1H3,(H,22,23,24). The number of anilines is 3. The highest BCUT2D eigenvalue weighted by atomic mass is 32.2. The van der Waals surface area contributed by atoms with E-state index in [0.29, 0.717) is 5.95 Å². The maximum absolute atomic E-state index is 11.7. The van der Waals surface area contributed by atoms with Gasteiger partial charge in [0.2, 0.25) is 5.95 Å². The van der Waals surface area contributed by atoms with E-state index in [1.54, 1.807) is 13.2 Å². The Labute approximate surface area is 162 Å². The molecule has 0 spiro atoms. The van der Waals surface area contributed by atoms with Crippen molar-refractivity contribution in [1.82, 2.24) is 14.7 Å². The Balaban J connectivity index is 1.48.